The molecule has 0 aromatic carbocycles. The van der Waals surface area contributed by atoms with E-state index in [1.165, 1.54) is 0 Å². The summed E-state index contributed by atoms with van der Waals surface area (Å²) < 4.78 is 35.0. The SMILES string of the molecule is O=S([O-])S(=O)O.[Na+].[SeH2]. The standard InChI is InChI=1S/Na.H2O4S2.H2Se/c;1-5(2)6(3)4;/h;(H,1,2)(H,3,4);1H2/q+1;;/p-1. The fraction of sp³-hybridized carbons (Fsp3) is 0. The molecule has 0 radical (unpaired) electrons. The van der Waals surface area contributed by atoms with Gasteiger partial charge in [-0.25, -0.2) is 4.21 Å². The zero-order valence-corrected chi connectivity index (χ0v) is 9.72. The summed E-state index contributed by atoms with van der Waals surface area (Å²) in [6.45, 7) is 0. The van der Waals surface area contributed by atoms with E-state index in [0.717, 1.165) is 0 Å². The topological polar surface area (TPSA) is 77.4 Å². The van der Waals surface area contributed by atoms with Crippen LogP contribution in [-0.4, -0.2) is 34.6 Å². The Bertz CT molecular complexity index is 80.0. The normalized spacial score (nSPS) is 14.8. The van der Waals surface area contributed by atoms with Crippen molar-refractivity contribution in [2.24, 2.45) is 0 Å². The van der Waals surface area contributed by atoms with Gasteiger partial charge in [0.1, 0.15) is 0 Å². The second-order valence-corrected chi connectivity index (χ2v) is 2.94. The molecule has 46 valence electrons. The average molecular weight is 233 g/mol. The molecule has 0 aliphatic rings. The van der Waals surface area contributed by atoms with E-state index in [1.54, 1.807) is 0 Å². The Hall–Kier alpha value is 1.74. The van der Waals surface area contributed by atoms with Crippen molar-refractivity contribution in [1.82, 2.24) is 0 Å². The van der Waals surface area contributed by atoms with Crippen LogP contribution in [0.4, 0.5) is 0 Å². The Morgan fingerprint density at radius 1 is 1.38 bits per heavy atom. The van der Waals surface area contributed by atoms with Gasteiger partial charge in [-0.3, -0.25) is 8.76 Å². The second kappa shape index (κ2) is 8.74. The van der Waals surface area contributed by atoms with Gasteiger partial charge < -0.3 is 4.55 Å². The first-order chi connectivity index (χ1) is 2.64. The van der Waals surface area contributed by atoms with Gasteiger partial charge in [0, 0.05) is 0 Å². The fourth-order valence-electron chi connectivity index (χ4n) is 0. The van der Waals surface area contributed by atoms with E-state index in [1.807, 2.05) is 0 Å². The molecule has 8 heteroatoms. The fourth-order valence-corrected chi connectivity index (χ4v) is 0. The number of hydrogen-bond donors (Lipinski definition) is 1. The summed E-state index contributed by atoms with van der Waals surface area (Å²) in [7, 11) is -5.54. The summed E-state index contributed by atoms with van der Waals surface area (Å²) in [5, 5.41) is 0. The molecule has 2 atom stereocenters. The predicted molar refractivity (Wildman–Crippen MR) is 28.2 cm³/mol. The Morgan fingerprint density at radius 2 is 1.50 bits per heavy atom. The predicted octanol–water partition coefficient (Wildman–Crippen LogP) is -4.91. The molecule has 0 aliphatic carbocycles. The first-order valence-electron chi connectivity index (χ1n) is 0.849. The monoisotopic (exact) mass is 234 g/mol. The Morgan fingerprint density at radius 3 is 1.50 bits per heavy atom. The molecule has 0 heterocycles. The molecule has 4 nitrogen and oxygen atoms in total. The molecular weight excluding hydrogens is 230 g/mol. The first-order valence-corrected chi connectivity index (χ1v) is 3.55. The van der Waals surface area contributed by atoms with Gasteiger partial charge in [-0.2, -0.15) is 0 Å². The molecule has 0 aromatic heterocycles. The van der Waals surface area contributed by atoms with Gasteiger partial charge in [-0.05, 0) is 0 Å². The van der Waals surface area contributed by atoms with Crippen LogP contribution >= 0.6 is 0 Å². The van der Waals surface area contributed by atoms with Crippen molar-refractivity contribution in [2.75, 3.05) is 0 Å². The Balaban J connectivity index is -0.000000125. The third-order valence-corrected chi connectivity index (χ3v) is 1.05. The summed E-state index contributed by atoms with van der Waals surface area (Å²) in [6, 6.07) is 0. The van der Waals surface area contributed by atoms with E-state index in [9.17, 15) is 4.21 Å². The second-order valence-electron chi connectivity index (χ2n) is 0.421. The Kier molecular flexibility index (Phi) is 17.9. The summed E-state index contributed by atoms with van der Waals surface area (Å²) >= 11 is 0. The first kappa shape index (κ1) is 16.4. The van der Waals surface area contributed by atoms with E-state index < -0.39 is 20.2 Å². The van der Waals surface area contributed by atoms with Gasteiger partial charge in [0.2, 0.25) is 10.1 Å². The molecule has 0 rings (SSSR count). The molecule has 8 heavy (non-hydrogen) atoms. The van der Waals surface area contributed by atoms with Crippen molar-refractivity contribution in [2.45, 2.75) is 0 Å². The van der Waals surface area contributed by atoms with Crippen LogP contribution in [-0.2, 0) is 20.2 Å². The van der Waals surface area contributed by atoms with E-state index >= 15 is 0 Å². The summed E-state index contributed by atoms with van der Waals surface area (Å²) in [6.07, 6.45) is 0. The zero-order chi connectivity index (χ0) is 5.15. The minimum atomic E-state index is -2.84. The van der Waals surface area contributed by atoms with E-state index in [2.05, 4.69) is 0 Å². The van der Waals surface area contributed by atoms with Crippen molar-refractivity contribution in [3.05, 3.63) is 0 Å². The van der Waals surface area contributed by atoms with Crippen LogP contribution < -0.4 is 29.6 Å². The molecule has 0 aromatic rings. The zero-order valence-electron chi connectivity index (χ0n) is 3.99. The van der Waals surface area contributed by atoms with Gasteiger partial charge >= 0.3 is 46.6 Å². The van der Waals surface area contributed by atoms with Crippen molar-refractivity contribution >= 4 is 37.3 Å². The van der Waals surface area contributed by atoms with Crippen LogP contribution in [0.5, 0.6) is 0 Å². The van der Waals surface area contributed by atoms with Crippen LogP contribution in [0.3, 0.4) is 0 Å². The molecule has 0 saturated carbocycles. The maximum absolute atomic E-state index is 9.20. The van der Waals surface area contributed by atoms with Gasteiger partial charge in [-0.1, -0.05) is 0 Å². The molecular formula is H3NaO4S2Se. The maximum atomic E-state index is 9.20. The van der Waals surface area contributed by atoms with Crippen molar-refractivity contribution in [3.63, 3.8) is 0 Å². The van der Waals surface area contributed by atoms with Crippen molar-refractivity contribution < 1.29 is 47.1 Å². The third kappa shape index (κ3) is 10.7. The van der Waals surface area contributed by atoms with Crippen LogP contribution in [0.2, 0.25) is 0 Å². The minimum absolute atomic E-state index is 0. The van der Waals surface area contributed by atoms with Crippen LogP contribution in [0, 0.1) is 0 Å². The molecule has 0 spiro atoms. The average Bonchev–Trinajstić information content (AvgIpc) is 1.36. The van der Waals surface area contributed by atoms with Gasteiger partial charge in [0.25, 0.3) is 0 Å². The van der Waals surface area contributed by atoms with Crippen molar-refractivity contribution in [3.8, 4) is 0 Å². The summed E-state index contributed by atoms with van der Waals surface area (Å²) in [5.41, 5.74) is 0. The van der Waals surface area contributed by atoms with Crippen LogP contribution in [0.25, 0.3) is 0 Å². The number of rotatable bonds is 1. The molecule has 2 unspecified atom stereocenters. The van der Waals surface area contributed by atoms with E-state index in [-0.39, 0.29) is 46.6 Å². The van der Waals surface area contributed by atoms with E-state index in [0.29, 0.717) is 0 Å². The van der Waals surface area contributed by atoms with E-state index in [4.69, 9.17) is 13.3 Å². The molecule has 0 amide bonds. The van der Waals surface area contributed by atoms with Gasteiger partial charge in [-0.15, -0.1) is 0 Å². The third-order valence-electron chi connectivity index (χ3n) is 0.116. The molecule has 0 fully saturated rings. The molecule has 0 saturated heterocycles. The number of hydrogen-bond acceptors (Lipinski definition) is 3. The summed E-state index contributed by atoms with van der Waals surface area (Å²) in [5.74, 6) is 0. The van der Waals surface area contributed by atoms with Crippen molar-refractivity contribution in [1.29, 1.82) is 0 Å². The van der Waals surface area contributed by atoms with Crippen LogP contribution in [0.15, 0.2) is 0 Å². The van der Waals surface area contributed by atoms with Gasteiger partial charge in [0.05, 0.1) is 10.1 Å². The molecule has 0 aliphatic heterocycles. The molecule has 0 bridgehead atoms. The van der Waals surface area contributed by atoms with Gasteiger partial charge in [0.15, 0.2) is 0 Å². The Labute approximate surface area is 83.5 Å². The quantitative estimate of drug-likeness (QED) is 0.280. The van der Waals surface area contributed by atoms with Crippen LogP contribution in [0.1, 0.15) is 0 Å². The molecule has 1 N–H and O–H groups in total. The summed E-state index contributed by atoms with van der Waals surface area (Å²) in [4.78, 5) is 0.